The fourth-order valence-electron chi connectivity index (χ4n) is 2.68. The smallest absolute Gasteiger partial charge is 0.155 e. The lowest BCUT2D eigenvalue weighted by Crippen LogP contribution is -2.23. The molecule has 2 N–H and O–H groups in total. The highest BCUT2D eigenvalue weighted by Crippen LogP contribution is 2.22. The predicted molar refractivity (Wildman–Crippen MR) is 85.8 cm³/mol. The minimum Gasteiger partial charge on any atom is -0.327 e. The molecule has 0 aliphatic carbocycles. The van der Waals surface area contributed by atoms with E-state index in [2.05, 4.69) is 43.5 Å². The quantitative estimate of drug-likeness (QED) is 0.887. The SMILES string of the molecule is CCc1cc(CC)n(-c2c(CC(N)CC)c(C)nn2C)n1. The molecule has 0 bridgehead atoms. The number of hydrogen-bond acceptors (Lipinski definition) is 3. The molecule has 0 saturated heterocycles. The van der Waals surface area contributed by atoms with E-state index in [0.717, 1.165) is 42.9 Å². The second-order valence-corrected chi connectivity index (χ2v) is 5.63. The first-order valence-corrected chi connectivity index (χ1v) is 7.87. The Morgan fingerprint density at radius 2 is 1.90 bits per heavy atom. The zero-order chi connectivity index (χ0) is 15.6. The Morgan fingerprint density at radius 1 is 1.19 bits per heavy atom. The largest absolute Gasteiger partial charge is 0.327 e. The van der Waals surface area contributed by atoms with Gasteiger partial charge in [-0.25, -0.2) is 4.68 Å². The van der Waals surface area contributed by atoms with Gasteiger partial charge in [0.25, 0.3) is 0 Å². The zero-order valence-corrected chi connectivity index (χ0v) is 13.8. The fourth-order valence-corrected chi connectivity index (χ4v) is 2.68. The highest BCUT2D eigenvalue weighted by Gasteiger charge is 2.20. The summed E-state index contributed by atoms with van der Waals surface area (Å²) in [6.07, 6.45) is 3.71. The Labute approximate surface area is 127 Å². The van der Waals surface area contributed by atoms with Gasteiger partial charge in [-0.1, -0.05) is 20.8 Å². The van der Waals surface area contributed by atoms with E-state index in [4.69, 9.17) is 10.8 Å². The molecule has 21 heavy (non-hydrogen) atoms. The van der Waals surface area contributed by atoms with E-state index in [1.807, 2.05) is 11.7 Å². The molecule has 5 heteroatoms. The third kappa shape index (κ3) is 3.02. The van der Waals surface area contributed by atoms with E-state index in [-0.39, 0.29) is 6.04 Å². The second kappa shape index (κ2) is 6.43. The maximum atomic E-state index is 6.17. The monoisotopic (exact) mass is 289 g/mol. The van der Waals surface area contributed by atoms with Crippen LogP contribution in [0.25, 0.3) is 5.82 Å². The molecule has 2 aromatic heterocycles. The molecule has 1 atom stereocenters. The molecule has 2 aromatic rings. The van der Waals surface area contributed by atoms with Gasteiger partial charge >= 0.3 is 0 Å². The third-order valence-electron chi connectivity index (χ3n) is 4.06. The molecule has 0 aliphatic rings. The van der Waals surface area contributed by atoms with Gasteiger partial charge in [0.2, 0.25) is 0 Å². The van der Waals surface area contributed by atoms with Crippen LogP contribution in [-0.4, -0.2) is 25.6 Å². The van der Waals surface area contributed by atoms with Gasteiger partial charge in [-0.15, -0.1) is 0 Å². The minimum absolute atomic E-state index is 0.165. The first-order chi connectivity index (χ1) is 10.0. The average Bonchev–Trinajstić information content (AvgIpc) is 2.99. The van der Waals surface area contributed by atoms with Crippen molar-refractivity contribution in [2.75, 3.05) is 0 Å². The Kier molecular flexibility index (Phi) is 4.83. The number of nitrogens with two attached hydrogens (primary N) is 1. The predicted octanol–water partition coefficient (Wildman–Crippen LogP) is 2.32. The van der Waals surface area contributed by atoms with Crippen LogP contribution in [0.15, 0.2) is 6.07 Å². The van der Waals surface area contributed by atoms with Crippen LogP contribution in [-0.2, 0) is 26.3 Å². The Balaban J connectivity index is 2.55. The van der Waals surface area contributed by atoms with Crippen LogP contribution in [0.2, 0.25) is 0 Å². The minimum atomic E-state index is 0.165. The summed E-state index contributed by atoms with van der Waals surface area (Å²) in [6.45, 7) is 8.47. The van der Waals surface area contributed by atoms with Gasteiger partial charge in [0.15, 0.2) is 5.82 Å². The summed E-state index contributed by atoms with van der Waals surface area (Å²) in [4.78, 5) is 0. The molecule has 2 heterocycles. The second-order valence-electron chi connectivity index (χ2n) is 5.63. The van der Waals surface area contributed by atoms with Crippen LogP contribution >= 0.6 is 0 Å². The van der Waals surface area contributed by atoms with Crippen molar-refractivity contribution in [3.8, 4) is 5.82 Å². The van der Waals surface area contributed by atoms with E-state index >= 15 is 0 Å². The van der Waals surface area contributed by atoms with Crippen LogP contribution in [0.1, 0.15) is 49.8 Å². The number of aromatic nitrogens is 4. The van der Waals surface area contributed by atoms with Gasteiger partial charge in [0.1, 0.15) is 0 Å². The molecule has 0 aromatic carbocycles. The lowest BCUT2D eigenvalue weighted by Gasteiger charge is -2.12. The molecule has 0 saturated carbocycles. The first-order valence-electron chi connectivity index (χ1n) is 7.87. The van der Waals surface area contributed by atoms with Crippen molar-refractivity contribution in [2.24, 2.45) is 12.8 Å². The van der Waals surface area contributed by atoms with Crippen molar-refractivity contribution < 1.29 is 0 Å². The lowest BCUT2D eigenvalue weighted by molar-refractivity contribution is 0.631. The van der Waals surface area contributed by atoms with Gasteiger partial charge in [-0.05, 0) is 38.7 Å². The molecular formula is C16H27N5. The molecule has 2 rings (SSSR count). The van der Waals surface area contributed by atoms with Crippen LogP contribution < -0.4 is 5.73 Å². The topological polar surface area (TPSA) is 61.7 Å². The van der Waals surface area contributed by atoms with Crippen molar-refractivity contribution in [3.63, 3.8) is 0 Å². The molecule has 0 amide bonds. The van der Waals surface area contributed by atoms with Crippen LogP contribution in [0.3, 0.4) is 0 Å². The number of hydrogen-bond donors (Lipinski definition) is 1. The van der Waals surface area contributed by atoms with Crippen molar-refractivity contribution in [2.45, 2.75) is 59.4 Å². The summed E-state index contributed by atoms with van der Waals surface area (Å²) in [5, 5.41) is 9.34. The van der Waals surface area contributed by atoms with Crippen LogP contribution in [0.4, 0.5) is 0 Å². The average molecular weight is 289 g/mol. The maximum Gasteiger partial charge on any atom is 0.155 e. The number of aryl methyl sites for hydroxylation is 4. The van der Waals surface area contributed by atoms with Crippen LogP contribution in [0, 0.1) is 6.92 Å². The van der Waals surface area contributed by atoms with Gasteiger partial charge in [-0.2, -0.15) is 10.2 Å². The van der Waals surface area contributed by atoms with Gasteiger partial charge in [-0.3, -0.25) is 4.68 Å². The van der Waals surface area contributed by atoms with Crippen molar-refractivity contribution in [1.29, 1.82) is 0 Å². The summed E-state index contributed by atoms with van der Waals surface area (Å²) in [5.41, 5.74) is 10.8. The highest BCUT2D eigenvalue weighted by molar-refractivity contribution is 5.40. The maximum absolute atomic E-state index is 6.17. The summed E-state index contributed by atoms with van der Waals surface area (Å²) >= 11 is 0. The van der Waals surface area contributed by atoms with E-state index in [9.17, 15) is 0 Å². The summed E-state index contributed by atoms with van der Waals surface area (Å²) in [5.74, 6) is 1.06. The number of rotatable bonds is 6. The van der Waals surface area contributed by atoms with E-state index in [0.29, 0.717) is 0 Å². The van der Waals surface area contributed by atoms with Gasteiger partial charge < -0.3 is 5.73 Å². The molecule has 0 fully saturated rings. The Hall–Kier alpha value is -1.62. The van der Waals surface area contributed by atoms with E-state index in [1.165, 1.54) is 11.3 Å². The standard InChI is InChI=1S/C16H27N5/c1-6-12(17)9-15-11(4)18-20(5)16(15)21-14(8-3)10-13(7-2)19-21/h10,12H,6-9,17H2,1-5H3. The van der Waals surface area contributed by atoms with E-state index in [1.54, 1.807) is 0 Å². The summed E-state index contributed by atoms with van der Waals surface area (Å²) in [6, 6.07) is 2.35. The van der Waals surface area contributed by atoms with Crippen LogP contribution in [0.5, 0.6) is 0 Å². The lowest BCUT2D eigenvalue weighted by atomic mass is 10.0. The molecular weight excluding hydrogens is 262 g/mol. The van der Waals surface area contributed by atoms with E-state index < -0.39 is 0 Å². The summed E-state index contributed by atoms with van der Waals surface area (Å²) in [7, 11) is 1.98. The third-order valence-corrected chi connectivity index (χ3v) is 4.06. The zero-order valence-electron chi connectivity index (χ0n) is 13.8. The normalized spacial score (nSPS) is 12.9. The van der Waals surface area contributed by atoms with Crippen molar-refractivity contribution in [3.05, 3.63) is 28.7 Å². The Morgan fingerprint density at radius 3 is 2.48 bits per heavy atom. The fraction of sp³-hybridized carbons (Fsp3) is 0.625. The first kappa shape index (κ1) is 15.8. The Bertz CT molecular complexity index is 608. The van der Waals surface area contributed by atoms with Crippen molar-refractivity contribution >= 4 is 0 Å². The van der Waals surface area contributed by atoms with Gasteiger partial charge in [0, 0.05) is 24.3 Å². The molecule has 5 nitrogen and oxygen atoms in total. The summed E-state index contributed by atoms with van der Waals surface area (Å²) < 4.78 is 3.98. The highest BCUT2D eigenvalue weighted by atomic mass is 15.4. The van der Waals surface area contributed by atoms with Crippen molar-refractivity contribution in [1.82, 2.24) is 19.6 Å². The molecule has 116 valence electrons. The molecule has 1 unspecified atom stereocenters. The molecule has 0 spiro atoms. The molecule has 0 aliphatic heterocycles. The number of nitrogens with zero attached hydrogens (tertiary/aromatic N) is 4. The molecule has 0 radical (unpaired) electrons. The van der Waals surface area contributed by atoms with Gasteiger partial charge in [0.05, 0.1) is 11.4 Å².